The van der Waals surface area contributed by atoms with Crippen LogP contribution >= 0.6 is 28.1 Å². The van der Waals surface area contributed by atoms with Gasteiger partial charge in [-0.1, -0.05) is 15.9 Å². The summed E-state index contributed by atoms with van der Waals surface area (Å²) in [6, 6.07) is 6.07. The SMILES string of the molecule is Cc1cc(Br)ccc1NC(=S)NC[C@H]1CCCO1. The second kappa shape index (κ2) is 6.50. The van der Waals surface area contributed by atoms with Gasteiger partial charge in [-0.3, -0.25) is 0 Å². The summed E-state index contributed by atoms with van der Waals surface area (Å²) in [7, 11) is 0. The molecule has 1 fully saturated rings. The minimum Gasteiger partial charge on any atom is -0.376 e. The van der Waals surface area contributed by atoms with Gasteiger partial charge in [0.05, 0.1) is 6.10 Å². The third-order valence-corrected chi connectivity index (χ3v) is 3.69. The van der Waals surface area contributed by atoms with Crippen LogP contribution in [0.5, 0.6) is 0 Å². The van der Waals surface area contributed by atoms with Crippen molar-refractivity contribution in [3.8, 4) is 0 Å². The lowest BCUT2D eigenvalue weighted by Crippen LogP contribution is -2.34. The Labute approximate surface area is 121 Å². The van der Waals surface area contributed by atoms with E-state index in [0.29, 0.717) is 11.2 Å². The second-order valence-electron chi connectivity index (χ2n) is 4.43. The smallest absolute Gasteiger partial charge is 0.170 e. The Morgan fingerprint density at radius 2 is 2.39 bits per heavy atom. The van der Waals surface area contributed by atoms with Gasteiger partial charge in [-0.15, -0.1) is 0 Å². The zero-order chi connectivity index (χ0) is 13.0. The number of halogens is 1. The number of aryl methyl sites for hydroxylation is 1. The van der Waals surface area contributed by atoms with Gasteiger partial charge in [-0.2, -0.15) is 0 Å². The van der Waals surface area contributed by atoms with Crippen LogP contribution in [0, 0.1) is 6.92 Å². The first-order valence-electron chi connectivity index (χ1n) is 6.08. The summed E-state index contributed by atoms with van der Waals surface area (Å²) in [6.07, 6.45) is 2.57. The van der Waals surface area contributed by atoms with Gasteiger partial charge in [-0.05, 0) is 55.7 Å². The zero-order valence-electron chi connectivity index (χ0n) is 10.3. The molecule has 1 aromatic carbocycles. The topological polar surface area (TPSA) is 33.3 Å². The molecule has 1 aliphatic rings. The minimum atomic E-state index is 0.302. The fourth-order valence-corrected chi connectivity index (χ4v) is 2.61. The minimum absolute atomic E-state index is 0.302. The first-order chi connectivity index (χ1) is 8.65. The molecule has 1 heterocycles. The maximum Gasteiger partial charge on any atom is 0.170 e. The van der Waals surface area contributed by atoms with Crippen molar-refractivity contribution in [1.29, 1.82) is 0 Å². The van der Waals surface area contributed by atoms with Gasteiger partial charge >= 0.3 is 0 Å². The van der Waals surface area contributed by atoms with Crippen LogP contribution in [0.4, 0.5) is 5.69 Å². The van der Waals surface area contributed by atoms with E-state index in [-0.39, 0.29) is 0 Å². The van der Waals surface area contributed by atoms with Gasteiger partial charge in [0.1, 0.15) is 0 Å². The predicted octanol–water partition coefficient (Wildman–Crippen LogP) is 3.22. The third-order valence-electron chi connectivity index (χ3n) is 2.95. The summed E-state index contributed by atoms with van der Waals surface area (Å²) in [4.78, 5) is 0. The molecule has 0 spiro atoms. The summed E-state index contributed by atoms with van der Waals surface area (Å²) in [6.45, 7) is 3.70. The van der Waals surface area contributed by atoms with E-state index in [1.807, 2.05) is 12.1 Å². The molecule has 3 nitrogen and oxygen atoms in total. The standard InChI is InChI=1S/C13H17BrN2OS/c1-9-7-10(14)4-5-12(9)16-13(18)15-8-11-3-2-6-17-11/h4-5,7,11H,2-3,6,8H2,1H3,(H2,15,16,18)/t11-/m1/s1. The fourth-order valence-electron chi connectivity index (χ4n) is 1.95. The van der Waals surface area contributed by atoms with E-state index in [0.717, 1.165) is 41.7 Å². The van der Waals surface area contributed by atoms with Gasteiger partial charge < -0.3 is 15.4 Å². The van der Waals surface area contributed by atoms with Gasteiger partial charge in [0.15, 0.2) is 5.11 Å². The number of nitrogens with one attached hydrogen (secondary N) is 2. The summed E-state index contributed by atoms with van der Waals surface area (Å²) in [5, 5.41) is 7.05. The van der Waals surface area contributed by atoms with Crippen LogP contribution in [0.2, 0.25) is 0 Å². The van der Waals surface area contributed by atoms with Gasteiger partial charge in [-0.25, -0.2) is 0 Å². The van der Waals surface area contributed by atoms with Crippen molar-refractivity contribution >= 4 is 38.9 Å². The van der Waals surface area contributed by atoms with Crippen molar-refractivity contribution < 1.29 is 4.74 Å². The molecular weight excluding hydrogens is 312 g/mol. The number of benzene rings is 1. The number of hydrogen-bond acceptors (Lipinski definition) is 2. The van der Waals surface area contributed by atoms with Crippen molar-refractivity contribution in [2.24, 2.45) is 0 Å². The number of anilines is 1. The van der Waals surface area contributed by atoms with E-state index in [4.69, 9.17) is 17.0 Å². The molecule has 2 rings (SSSR count). The number of rotatable bonds is 3. The van der Waals surface area contributed by atoms with E-state index in [9.17, 15) is 0 Å². The van der Waals surface area contributed by atoms with Crippen LogP contribution < -0.4 is 10.6 Å². The highest BCUT2D eigenvalue weighted by Crippen LogP contribution is 2.19. The Bertz CT molecular complexity index is 433. The molecule has 2 N–H and O–H groups in total. The summed E-state index contributed by atoms with van der Waals surface area (Å²) < 4.78 is 6.61. The highest BCUT2D eigenvalue weighted by molar-refractivity contribution is 9.10. The second-order valence-corrected chi connectivity index (χ2v) is 5.75. The van der Waals surface area contributed by atoms with Crippen LogP contribution in [-0.2, 0) is 4.74 Å². The molecule has 0 saturated carbocycles. The van der Waals surface area contributed by atoms with Crippen molar-refractivity contribution in [2.45, 2.75) is 25.9 Å². The molecule has 18 heavy (non-hydrogen) atoms. The lowest BCUT2D eigenvalue weighted by Gasteiger charge is -2.15. The lowest BCUT2D eigenvalue weighted by atomic mass is 10.2. The average Bonchev–Trinajstić information content (AvgIpc) is 2.83. The fraction of sp³-hybridized carbons (Fsp3) is 0.462. The Morgan fingerprint density at radius 1 is 1.56 bits per heavy atom. The molecule has 1 saturated heterocycles. The van der Waals surface area contributed by atoms with E-state index >= 15 is 0 Å². The van der Waals surface area contributed by atoms with Crippen molar-refractivity contribution in [3.05, 3.63) is 28.2 Å². The van der Waals surface area contributed by atoms with Crippen molar-refractivity contribution in [1.82, 2.24) is 5.32 Å². The monoisotopic (exact) mass is 328 g/mol. The normalized spacial score (nSPS) is 18.7. The number of thiocarbonyl (C=S) groups is 1. The van der Waals surface area contributed by atoms with Crippen LogP contribution in [0.25, 0.3) is 0 Å². The van der Waals surface area contributed by atoms with Crippen LogP contribution in [0.3, 0.4) is 0 Å². The van der Waals surface area contributed by atoms with Gasteiger partial charge in [0.2, 0.25) is 0 Å². The zero-order valence-corrected chi connectivity index (χ0v) is 12.7. The van der Waals surface area contributed by atoms with E-state index in [1.54, 1.807) is 0 Å². The Kier molecular flexibility index (Phi) is 4.97. The first-order valence-corrected chi connectivity index (χ1v) is 7.28. The van der Waals surface area contributed by atoms with Crippen LogP contribution in [0.1, 0.15) is 18.4 Å². The predicted molar refractivity (Wildman–Crippen MR) is 82.1 cm³/mol. The Balaban J connectivity index is 1.82. The van der Waals surface area contributed by atoms with E-state index in [2.05, 4.69) is 39.6 Å². The molecule has 0 amide bonds. The Morgan fingerprint density at radius 3 is 3.06 bits per heavy atom. The Hall–Kier alpha value is -0.650. The molecule has 98 valence electrons. The average molecular weight is 329 g/mol. The quantitative estimate of drug-likeness (QED) is 0.835. The van der Waals surface area contributed by atoms with Gasteiger partial charge in [0, 0.05) is 23.3 Å². The van der Waals surface area contributed by atoms with E-state index < -0.39 is 0 Å². The summed E-state index contributed by atoms with van der Waals surface area (Å²) >= 11 is 8.72. The third kappa shape index (κ3) is 3.93. The highest BCUT2D eigenvalue weighted by atomic mass is 79.9. The highest BCUT2D eigenvalue weighted by Gasteiger charge is 2.15. The number of ether oxygens (including phenoxy) is 1. The lowest BCUT2D eigenvalue weighted by molar-refractivity contribution is 0.114. The molecule has 1 aliphatic heterocycles. The molecular formula is C13H17BrN2OS. The summed E-state index contributed by atoms with van der Waals surface area (Å²) in [5.74, 6) is 0. The maximum absolute atomic E-state index is 5.54. The molecule has 5 heteroatoms. The van der Waals surface area contributed by atoms with Crippen LogP contribution in [-0.4, -0.2) is 24.4 Å². The molecule has 0 aliphatic carbocycles. The molecule has 1 atom stereocenters. The maximum atomic E-state index is 5.54. The van der Waals surface area contributed by atoms with E-state index in [1.165, 1.54) is 0 Å². The molecule has 0 unspecified atom stereocenters. The number of hydrogen-bond donors (Lipinski definition) is 2. The van der Waals surface area contributed by atoms with Crippen molar-refractivity contribution in [2.75, 3.05) is 18.5 Å². The summed E-state index contributed by atoms with van der Waals surface area (Å²) in [5.41, 5.74) is 2.19. The van der Waals surface area contributed by atoms with Gasteiger partial charge in [0.25, 0.3) is 0 Å². The van der Waals surface area contributed by atoms with Crippen molar-refractivity contribution in [3.63, 3.8) is 0 Å². The van der Waals surface area contributed by atoms with Crippen LogP contribution in [0.15, 0.2) is 22.7 Å². The molecule has 0 radical (unpaired) electrons. The first kappa shape index (κ1) is 13.8. The molecule has 0 aromatic heterocycles. The molecule has 1 aromatic rings. The molecule has 0 bridgehead atoms. The largest absolute Gasteiger partial charge is 0.376 e.